The number of hydrogen-bond acceptors (Lipinski definition) is 2. The predicted molar refractivity (Wildman–Crippen MR) is 121 cm³/mol. The number of carboxylic acids is 1. The average Bonchev–Trinajstić information content (AvgIpc) is 2.66. The van der Waals surface area contributed by atoms with Gasteiger partial charge in [0.25, 0.3) is 0 Å². The largest absolute Gasteiger partial charge is 0.481 e. The van der Waals surface area contributed by atoms with Crippen molar-refractivity contribution in [3.63, 3.8) is 0 Å². The van der Waals surface area contributed by atoms with Crippen LogP contribution < -0.4 is 0 Å². The van der Waals surface area contributed by atoms with Gasteiger partial charge < -0.3 is 10.0 Å². The highest BCUT2D eigenvalue weighted by atomic mass is 16.4. The predicted octanol–water partition coefficient (Wildman–Crippen LogP) is 7.29. The molecule has 0 radical (unpaired) electrons. The van der Waals surface area contributed by atoms with Crippen molar-refractivity contribution in [2.45, 2.75) is 130 Å². The molecule has 1 heterocycles. The van der Waals surface area contributed by atoms with Crippen molar-refractivity contribution in [1.82, 2.24) is 4.90 Å². The molecule has 0 aromatic heterocycles. The number of piperidine rings is 1. The van der Waals surface area contributed by atoms with E-state index in [-0.39, 0.29) is 6.04 Å². The van der Waals surface area contributed by atoms with Gasteiger partial charge in [-0.25, -0.2) is 0 Å². The van der Waals surface area contributed by atoms with E-state index in [4.69, 9.17) is 0 Å². The summed E-state index contributed by atoms with van der Waals surface area (Å²) in [5.41, 5.74) is -0.581. The molecule has 0 spiro atoms. The van der Waals surface area contributed by atoms with Crippen LogP contribution in [0.5, 0.6) is 0 Å². The lowest BCUT2D eigenvalue weighted by atomic mass is 9.67. The van der Waals surface area contributed by atoms with Crippen LogP contribution in [0.1, 0.15) is 124 Å². The van der Waals surface area contributed by atoms with Crippen molar-refractivity contribution in [2.75, 3.05) is 13.6 Å². The molecule has 0 amide bonds. The minimum atomic E-state index is -0.583. The van der Waals surface area contributed by atoms with E-state index in [0.717, 1.165) is 19.4 Å². The molecular formula is C25H49NO2. The molecular weight excluding hydrogens is 346 g/mol. The first-order valence-electron chi connectivity index (χ1n) is 12.4. The van der Waals surface area contributed by atoms with Crippen LogP contribution in [0.25, 0.3) is 0 Å². The second-order valence-electron chi connectivity index (χ2n) is 9.62. The molecule has 0 aromatic rings. The number of hydrogen-bond donors (Lipinski definition) is 1. The zero-order valence-electron chi connectivity index (χ0n) is 19.5. The Kier molecular flexibility index (Phi) is 13.1. The fourth-order valence-corrected chi connectivity index (χ4v) is 5.42. The van der Waals surface area contributed by atoms with Crippen LogP contribution in [0, 0.1) is 11.3 Å². The third-order valence-electron chi connectivity index (χ3n) is 7.13. The zero-order chi connectivity index (χ0) is 20.8. The molecule has 1 fully saturated rings. The number of nitrogens with zero attached hydrogens (tertiary/aromatic N) is 1. The SMILES string of the molecule is CCCCCCCCC(CCCCCCCC)C1N(C)CCCC1(C)C(=O)O. The smallest absolute Gasteiger partial charge is 0.310 e. The van der Waals surface area contributed by atoms with Crippen LogP contribution >= 0.6 is 0 Å². The molecule has 3 heteroatoms. The summed E-state index contributed by atoms with van der Waals surface area (Å²) in [5, 5.41) is 10.0. The van der Waals surface area contributed by atoms with Gasteiger partial charge >= 0.3 is 5.97 Å². The summed E-state index contributed by atoms with van der Waals surface area (Å²) in [7, 11) is 2.17. The van der Waals surface area contributed by atoms with Crippen molar-refractivity contribution in [1.29, 1.82) is 0 Å². The summed E-state index contributed by atoms with van der Waals surface area (Å²) in [6.45, 7) is 7.60. The van der Waals surface area contributed by atoms with Gasteiger partial charge in [-0.1, -0.05) is 90.9 Å². The van der Waals surface area contributed by atoms with Crippen LogP contribution in [0.2, 0.25) is 0 Å². The summed E-state index contributed by atoms with van der Waals surface area (Å²) >= 11 is 0. The van der Waals surface area contributed by atoms with Crippen LogP contribution in [0.15, 0.2) is 0 Å². The molecule has 1 aliphatic heterocycles. The van der Waals surface area contributed by atoms with Crippen LogP contribution in [-0.2, 0) is 4.79 Å². The third-order valence-corrected chi connectivity index (χ3v) is 7.13. The number of aliphatic carboxylic acids is 1. The van der Waals surface area contributed by atoms with Crippen LogP contribution in [-0.4, -0.2) is 35.6 Å². The van der Waals surface area contributed by atoms with Gasteiger partial charge in [-0.15, -0.1) is 0 Å². The Balaban J connectivity index is 2.66. The molecule has 166 valence electrons. The van der Waals surface area contributed by atoms with E-state index in [1.54, 1.807) is 0 Å². The topological polar surface area (TPSA) is 40.5 Å². The van der Waals surface area contributed by atoms with E-state index < -0.39 is 11.4 Å². The molecule has 1 rings (SSSR count). The van der Waals surface area contributed by atoms with Crippen molar-refractivity contribution >= 4 is 5.97 Å². The van der Waals surface area contributed by atoms with E-state index in [2.05, 4.69) is 25.8 Å². The van der Waals surface area contributed by atoms with Gasteiger partial charge in [0.05, 0.1) is 5.41 Å². The molecule has 28 heavy (non-hydrogen) atoms. The molecule has 2 atom stereocenters. The molecule has 0 bridgehead atoms. The fraction of sp³-hybridized carbons (Fsp3) is 0.960. The fourth-order valence-electron chi connectivity index (χ4n) is 5.42. The summed E-state index contributed by atoms with van der Waals surface area (Å²) in [6.07, 6.45) is 20.1. The number of unbranched alkanes of at least 4 members (excludes halogenated alkanes) is 10. The summed E-state index contributed by atoms with van der Waals surface area (Å²) in [5.74, 6) is -0.0521. The number of carboxylic acid groups (broad SMARTS) is 1. The van der Waals surface area contributed by atoms with Crippen molar-refractivity contribution in [3.8, 4) is 0 Å². The Morgan fingerprint density at radius 3 is 1.86 bits per heavy atom. The first-order chi connectivity index (χ1) is 13.5. The molecule has 1 saturated heterocycles. The first kappa shape index (κ1) is 25.5. The summed E-state index contributed by atoms with van der Waals surface area (Å²) in [4.78, 5) is 14.6. The Hall–Kier alpha value is -0.570. The number of carbonyl (C=O) groups is 1. The Morgan fingerprint density at radius 1 is 0.929 bits per heavy atom. The highest BCUT2D eigenvalue weighted by molar-refractivity contribution is 5.75. The lowest BCUT2D eigenvalue weighted by Crippen LogP contribution is -2.56. The van der Waals surface area contributed by atoms with Gasteiger partial charge in [-0.05, 0) is 52.1 Å². The van der Waals surface area contributed by atoms with Gasteiger partial charge in [0.1, 0.15) is 0 Å². The zero-order valence-corrected chi connectivity index (χ0v) is 19.5. The normalized spacial score (nSPS) is 23.4. The molecule has 0 aromatic carbocycles. The molecule has 1 aliphatic rings. The van der Waals surface area contributed by atoms with E-state index >= 15 is 0 Å². The van der Waals surface area contributed by atoms with Crippen LogP contribution in [0.4, 0.5) is 0 Å². The molecule has 3 nitrogen and oxygen atoms in total. The molecule has 2 unspecified atom stereocenters. The third kappa shape index (κ3) is 8.43. The van der Waals surface area contributed by atoms with Gasteiger partial charge in [0.15, 0.2) is 0 Å². The maximum Gasteiger partial charge on any atom is 0.310 e. The Morgan fingerprint density at radius 2 is 1.39 bits per heavy atom. The van der Waals surface area contributed by atoms with E-state index in [0.29, 0.717) is 5.92 Å². The lowest BCUT2D eigenvalue weighted by Gasteiger charge is -2.48. The van der Waals surface area contributed by atoms with Crippen LogP contribution in [0.3, 0.4) is 0 Å². The van der Waals surface area contributed by atoms with E-state index in [1.807, 2.05) is 6.92 Å². The minimum Gasteiger partial charge on any atom is -0.481 e. The van der Waals surface area contributed by atoms with Gasteiger partial charge in [-0.3, -0.25) is 4.79 Å². The Labute approximate surface area is 175 Å². The van der Waals surface area contributed by atoms with Crippen molar-refractivity contribution in [3.05, 3.63) is 0 Å². The highest BCUT2D eigenvalue weighted by Crippen LogP contribution is 2.42. The second kappa shape index (κ2) is 14.4. The second-order valence-corrected chi connectivity index (χ2v) is 9.62. The monoisotopic (exact) mass is 395 g/mol. The molecule has 0 aliphatic carbocycles. The van der Waals surface area contributed by atoms with Gasteiger partial charge in [0, 0.05) is 6.04 Å². The van der Waals surface area contributed by atoms with Gasteiger partial charge in [-0.2, -0.15) is 0 Å². The quantitative estimate of drug-likeness (QED) is 0.279. The molecule has 0 saturated carbocycles. The van der Waals surface area contributed by atoms with E-state index in [9.17, 15) is 9.90 Å². The Bertz CT molecular complexity index is 395. The average molecular weight is 396 g/mol. The molecule has 1 N–H and O–H groups in total. The first-order valence-corrected chi connectivity index (χ1v) is 12.4. The highest BCUT2D eigenvalue weighted by Gasteiger charge is 2.48. The minimum absolute atomic E-state index is 0.199. The summed E-state index contributed by atoms with van der Waals surface area (Å²) in [6, 6.07) is 0.199. The van der Waals surface area contributed by atoms with Crippen molar-refractivity contribution in [2.24, 2.45) is 11.3 Å². The maximum absolute atomic E-state index is 12.2. The van der Waals surface area contributed by atoms with Gasteiger partial charge in [0.2, 0.25) is 0 Å². The maximum atomic E-state index is 12.2. The standard InChI is InChI=1S/C25H49NO2/c1-5-7-9-11-13-15-18-22(19-16-14-12-10-8-6-2)23-25(3,24(27)28)20-17-21-26(23)4/h22-23H,5-21H2,1-4H3,(H,27,28). The van der Waals surface area contributed by atoms with Crippen molar-refractivity contribution < 1.29 is 9.90 Å². The number of likely N-dealkylation sites (tertiary alicyclic amines) is 1. The van der Waals surface area contributed by atoms with E-state index in [1.165, 1.54) is 89.9 Å². The number of rotatable bonds is 16. The summed E-state index contributed by atoms with van der Waals surface area (Å²) < 4.78 is 0. The lowest BCUT2D eigenvalue weighted by molar-refractivity contribution is -0.157.